The van der Waals surface area contributed by atoms with Gasteiger partial charge in [0.05, 0.1) is 6.54 Å². The van der Waals surface area contributed by atoms with Gasteiger partial charge in [-0.1, -0.05) is 17.7 Å². The van der Waals surface area contributed by atoms with Crippen molar-refractivity contribution in [3.8, 4) is 0 Å². The van der Waals surface area contributed by atoms with E-state index in [-0.39, 0.29) is 5.91 Å². The molecular formula is C15H23N3O. The summed E-state index contributed by atoms with van der Waals surface area (Å²) < 4.78 is 0. The van der Waals surface area contributed by atoms with Crippen LogP contribution in [0.5, 0.6) is 0 Å². The van der Waals surface area contributed by atoms with E-state index < -0.39 is 0 Å². The summed E-state index contributed by atoms with van der Waals surface area (Å²) in [6, 6.07) is 6.20. The summed E-state index contributed by atoms with van der Waals surface area (Å²) in [7, 11) is 1.96. The van der Waals surface area contributed by atoms with E-state index in [0.29, 0.717) is 13.1 Å². The third kappa shape index (κ3) is 3.26. The van der Waals surface area contributed by atoms with Crippen molar-refractivity contribution in [3.05, 3.63) is 29.3 Å². The number of rotatable bonds is 4. The average molecular weight is 261 g/mol. The molecule has 0 radical (unpaired) electrons. The van der Waals surface area contributed by atoms with Crippen molar-refractivity contribution in [1.29, 1.82) is 0 Å². The number of likely N-dealkylation sites (tertiary alicyclic amines) is 1. The molecular weight excluding hydrogens is 238 g/mol. The molecule has 0 saturated carbocycles. The molecule has 0 unspecified atom stereocenters. The minimum absolute atomic E-state index is 0.212. The zero-order chi connectivity index (χ0) is 13.8. The molecule has 1 aromatic rings. The van der Waals surface area contributed by atoms with Crippen molar-refractivity contribution >= 4 is 11.6 Å². The predicted octanol–water partition coefficient (Wildman–Crippen LogP) is 1.51. The van der Waals surface area contributed by atoms with Gasteiger partial charge in [-0.2, -0.15) is 0 Å². The number of carbonyl (C=O) groups excluding carboxylic acids is 1. The van der Waals surface area contributed by atoms with Crippen molar-refractivity contribution in [1.82, 2.24) is 4.90 Å². The van der Waals surface area contributed by atoms with Crippen LogP contribution in [-0.2, 0) is 11.3 Å². The van der Waals surface area contributed by atoms with Gasteiger partial charge >= 0.3 is 0 Å². The van der Waals surface area contributed by atoms with Gasteiger partial charge in [0.2, 0.25) is 5.91 Å². The standard InChI is InChI=1S/C15H23N3O/c1-12-5-6-14(13(9-12)10-16)17(2)11-15(19)18-7-3-4-8-18/h5-6,9H,3-4,7-8,10-11,16H2,1-2H3. The van der Waals surface area contributed by atoms with Gasteiger partial charge in [-0.3, -0.25) is 4.79 Å². The van der Waals surface area contributed by atoms with Crippen LogP contribution in [0.25, 0.3) is 0 Å². The first-order valence-electron chi connectivity index (χ1n) is 6.90. The number of benzene rings is 1. The van der Waals surface area contributed by atoms with Crippen molar-refractivity contribution in [2.45, 2.75) is 26.3 Å². The number of hydrogen-bond donors (Lipinski definition) is 1. The van der Waals surface area contributed by atoms with E-state index in [1.165, 1.54) is 5.56 Å². The summed E-state index contributed by atoms with van der Waals surface area (Å²) >= 11 is 0. The maximum Gasteiger partial charge on any atom is 0.242 e. The van der Waals surface area contributed by atoms with Crippen LogP contribution in [0.1, 0.15) is 24.0 Å². The molecule has 4 nitrogen and oxygen atoms in total. The highest BCUT2D eigenvalue weighted by Crippen LogP contribution is 2.21. The SMILES string of the molecule is Cc1ccc(N(C)CC(=O)N2CCCC2)c(CN)c1. The summed E-state index contributed by atoms with van der Waals surface area (Å²) in [6.07, 6.45) is 2.27. The molecule has 104 valence electrons. The second-order valence-electron chi connectivity index (χ2n) is 5.28. The molecule has 0 spiro atoms. The van der Waals surface area contributed by atoms with Gasteiger partial charge in [0.1, 0.15) is 0 Å². The van der Waals surface area contributed by atoms with Gasteiger partial charge in [0, 0.05) is 32.4 Å². The maximum absolute atomic E-state index is 12.1. The van der Waals surface area contributed by atoms with Crippen LogP contribution in [-0.4, -0.2) is 37.5 Å². The zero-order valence-electron chi connectivity index (χ0n) is 11.9. The van der Waals surface area contributed by atoms with Crippen LogP contribution in [0, 0.1) is 6.92 Å². The number of anilines is 1. The molecule has 1 aromatic carbocycles. The van der Waals surface area contributed by atoms with E-state index in [1.807, 2.05) is 16.8 Å². The molecule has 2 rings (SSSR count). The third-order valence-electron chi connectivity index (χ3n) is 3.70. The zero-order valence-corrected chi connectivity index (χ0v) is 11.9. The van der Waals surface area contributed by atoms with E-state index in [9.17, 15) is 4.79 Å². The number of amides is 1. The quantitative estimate of drug-likeness (QED) is 0.894. The summed E-state index contributed by atoms with van der Waals surface area (Å²) in [6.45, 7) is 4.79. The molecule has 1 amide bonds. The highest BCUT2D eigenvalue weighted by atomic mass is 16.2. The molecule has 0 bridgehead atoms. The Morgan fingerprint density at radius 3 is 2.68 bits per heavy atom. The van der Waals surface area contributed by atoms with Crippen molar-refractivity contribution in [2.75, 3.05) is 31.6 Å². The Kier molecular flexibility index (Phi) is 4.43. The third-order valence-corrected chi connectivity index (χ3v) is 3.70. The monoisotopic (exact) mass is 261 g/mol. The van der Waals surface area contributed by atoms with Crippen LogP contribution in [0.15, 0.2) is 18.2 Å². The Morgan fingerprint density at radius 1 is 1.37 bits per heavy atom. The van der Waals surface area contributed by atoms with Crippen LogP contribution < -0.4 is 10.6 Å². The predicted molar refractivity (Wildman–Crippen MR) is 78.2 cm³/mol. The Balaban J connectivity index is 2.06. The van der Waals surface area contributed by atoms with Crippen LogP contribution in [0.3, 0.4) is 0 Å². The highest BCUT2D eigenvalue weighted by Gasteiger charge is 2.19. The van der Waals surface area contributed by atoms with Crippen molar-refractivity contribution in [2.24, 2.45) is 5.73 Å². The smallest absolute Gasteiger partial charge is 0.242 e. The molecule has 0 aromatic heterocycles. The topological polar surface area (TPSA) is 49.6 Å². The largest absolute Gasteiger partial charge is 0.365 e. The van der Waals surface area contributed by atoms with E-state index in [0.717, 1.165) is 37.2 Å². The van der Waals surface area contributed by atoms with E-state index in [4.69, 9.17) is 5.73 Å². The summed E-state index contributed by atoms with van der Waals surface area (Å²) in [5.41, 5.74) is 9.14. The Bertz CT molecular complexity index is 453. The molecule has 4 heteroatoms. The average Bonchev–Trinajstić information content (AvgIpc) is 2.92. The number of aryl methyl sites for hydroxylation is 1. The normalized spacial score (nSPS) is 14.8. The van der Waals surface area contributed by atoms with Crippen LogP contribution >= 0.6 is 0 Å². The molecule has 1 fully saturated rings. The maximum atomic E-state index is 12.1. The molecule has 0 aliphatic carbocycles. The van der Waals surface area contributed by atoms with E-state index in [2.05, 4.69) is 25.1 Å². The van der Waals surface area contributed by atoms with E-state index in [1.54, 1.807) is 0 Å². The fourth-order valence-electron chi connectivity index (χ4n) is 2.60. The number of nitrogens with zero attached hydrogens (tertiary/aromatic N) is 2. The number of hydrogen-bond acceptors (Lipinski definition) is 3. The number of carbonyl (C=O) groups is 1. The van der Waals surface area contributed by atoms with Gasteiger partial charge in [-0.05, 0) is 31.4 Å². The fraction of sp³-hybridized carbons (Fsp3) is 0.533. The lowest BCUT2D eigenvalue weighted by Gasteiger charge is -2.25. The van der Waals surface area contributed by atoms with Gasteiger partial charge in [0.25, 0.3) is 0 Å². The van der Waals surface area contributed by atoms with Gasteiger partial charge in [-0.25, -0.2) is 0 Å². The minimum atomic E-state index is 0.212. The Labute approximate surface area is 115 Å². The van der Waals surface area contributed by atoms with E-state index >= 15 is 0 Å². The van der Waals surface area contributed by atoms with Crippen LogP contribution in [0.4, 0.5) is 5.69 Å². The van der Waals surface area contributed by atoms with Gasteiger partial charge < -0.3 is 15.5 Å². The van der Waals surface area contributed by atoms with Crippen molar-refractivity contribution in [3.63, 3.8) is 0 Å². The summed E-state index contributed by atoms with van der Waals surface area (Å²) in [5, 5.41) is 0. The lowest BCUT2D eigenvalue weighted by atomic mass is 10.1. The lowest BCUT2D eigenvalue weighted by molar-refractivity contribution is -0.128. The molecule has 1 heterocycles. The molecule has 2 N–H and O–H groups in total. The second-order valence-corrected chi connectivity index (χ2v) is 5.28. The second kappa shape index (κ2) is 6.06. The number of likely N-dealkylation sites (N-methyl/N-ethyl adjacent to an activating group) is 1. The molecule has 1 aliphatic heterocycles. The summed E-state index contributed by atoms with van der Waals surface area (Å²) in [4.78, 5) is 16.1. The fourth-order valence-corrected chi connectivity index (χ4v) is 2.60. The van der Waals surface area contributed by atoms with Crippen molar-refractivity contribution < 1.29 is 4.79 Å². The first-order chi connectivity index (χ1) is 9.11. The van der Waals surface area contributed by atoms with Gasteiger partial charge in [0.15, 0.2) is 0 Å². The summed E-state index contributed by atoms with van der Waals surface area (Å²) in [5.74, 6) is 0.212. The molecule has 0 atom stereocenters. The van der Waals surface area contributed by atoms with Crippen LogP contribution in [0.2, 0.25) is 0 Å². The molecule has 1 aliphatic rings. The Morgan fingerprint density at radius 2 is 2.05 bits per heavy atom. The minimum Gasteiger partial charge on any atom is -0.365 e. The Hall–Kier alpha value is -1.55. The first-order valence-corrected chi connectivity index (χ1v) is 6.90. The highest BCUT2D eigenvalue weighted by molar-refractivity contribution is 5.82. The van der Waals surface area contributed by atoms with Gasteiger partial charge in [-0.15, -0.1) is 0 Å². The lowest BCUT2D eigenvalue weighted by Crippen LogP contribution is -2.37. The molecule has 1 saturated heterocycles. The number of nitrogens with two attached hydrogens (primary N) is 1. The molecule has 19 heavy (non-hydrogen) atoms. The first kappa shape index (κ1) is 13.9.